The summed E-state index contributed by atoms with van der Waals surface area (Å²) in [6.45, 7) is 17.1. The van der Waals surface area contributed by atoms with E-state index < -0.39 is 16.6 Å². The maximum Gasteiger partial charge on any atom is 0.261 e. The molecule has 1 aliphatic heterocycles. The molecule has 1 fully saturated rings. The Balaban J connectivity index is 1.38. The first kappa shape index (κ1) is 45.0. The summed E-state index contributed by atoms with van der Waals surface area (Å²) in [4.78, 5) is 0. The number of allylic oxidation sites excluding steroid dienone is 1. The first-order chi connectivity index (χ1) is 27.5. The largest absolute Gasteiger partial charge is 0.405 e. The van der Waals surface area contributed by atoms with Gasteiger partial charge in [0, 0.05) is 0 Å². The van der Waals surface area contributed by atoms with Crippen LogP contribution in [0.1, 0.15) is 132 Å². The van der Waals surface area contributed by atoms with Gasteiger partial charge in [-0.3, -0.25) is 0 Å². The zero-order valence-electron chi connectivity index (χ0n) is 36.6. The van der Waals surface area contributed by atoms with Crippen LogP contribution >= 0.6 is 0 Å². The van der Waals surface area contributed by atoms with E-state index in [9.17, 15) is 0 Å². The van der Waals surface area contributed by atoms with E-state index in [0.29, 0.717) is 6.61 Å². The molecule has 0 amide bonds. The Morgan fingerprint density at radius 1 is 0.544 bits per heavy atom. The molecule has 1 heterocycles. The zero-order valence-corrected chi connectivity index (χ0v) is 38.6. The highest BCUT2D eigenvalue weighted by Gasteiger charge is 2.54. The smallest absolute Gasteiger partial charge is 0.261 e. The Kier molecular flexibility index (Phi) is 17.2. The third-order valence-corrected chi connectivity index (χ3v) is 22.3. The number of hydrogen-bond acceptors (Lipinski definition) is 3. The fourth-order valence-electron chi connectivity index (χ4n) is 9.22. The van der Waals surface area contributed by atoms with E-state index >= 15 is 0 Å². The van der Waals surface area contributed by atoms with E-state index in [2.05, 4.69) is 182 Å². The average Bonchev–Trinajstić information content (AvgIpc) is 3.21. The highest BCUT2D eigenvalue weighted by atomic mass is 28.4. The van der Waals surface area contributed by atoms with Crippen molar-refractivity contribution in [2.24, 2.45) is 0 Å². The van der Waals surface area contributed by atoms with Crippen molar-refractivity contribution in [1.82, 2.24) is 0 Å². The summed E-state index contributed by atoms with van der Waals surface area (Å²) in [5.41, 5.74) is 0. The van der Waals surface area contributed by atoms with E-state index in [0.717, 1.165) is 25.7 Å². The quantitative estimate of drug-likeness (QED) is 0.0477. The van der Waals surface area contributed by atoms with E-state index in [1.165, 1.54) is 78.5 Å². The predicted molar refractivity (Wildman–Crippen MR) is 250 cm³/mol. The van der Waals surface area contributed by atoms with E-state index in [-0.39, 0.29) is 28.4 Å². The Morgan fingerprint density at radius 3 is 1.40 bits per heavy atom. The Morgan fingerprint density at radius 2 is 0.965 bits per heavy atom. The van der Waals surface area contributed by atoms with Gasteiger partial charge in [0.1, 0.15) is 0 Å². The van der Waals surface area contributed by atoms with Crippen molar-refractivity contribution in [2.75, 3.05) is 6.61 Å². The van der Waals surface area contributed by atoms with E-state index in [4.69, 9.17) is 13.6 Å². The molecule has 3 atom stereocenters. The van der Waals surface area contributed by atoms with Crippen LogP contribution in [0.4, 0.5) is 0 Å². The Bertz CT molecular complexity index is 1630. The molecule has 1 aliphatic rings. The fourth-order valence-corrected chi connectivity index (χ4v) is 18.6. The number of rotatable bonds is 21. The van der Waals surface area contributed by atoms with Crippen molar-refractivity contribution in [3.8, 4) is 0 Å². The summed E-state index contributed by atoms with van der Waals surface area (Å²) in [6, 6.07) is 44.1. The molecule has 0 radical (unpaired) electrons. The monoisotopic (exact) mass is 803 g/mol. The highest BCUT2D eigenvalue weighted by Crippen LogP contribution is 2.41. The van der Waals surface area contributed by atoms with Crippen LogP contribution in [0.15, 0.2) is 133 Å². The topological polar surface area (TPSA) is 27.7 Å². The summed E-state index contributed by atoms with van der Waals surface area (Å²) >= 11 is 0. The number of unbranched alkanes of at least 4 members (excludes halogenated alkanes) is 9. The summed E-state index contributed by atoms with van der Waals surface area (Å²) in [5.74, 6) is 0. The van der Waals surface area contributed by atoms with Gasteiger partial charge < -0.3 is 13.6 Å². The van der Waals surface area contributed by atoms with Gasteiger partial charge in [0.05, 0.1) is 24.9 Å². The third kappa shape index (κ3) is 11.6. The van der Waals surface area contributed by atoms with Crippen LogP contribution in [-0.4, -0.2) is 41.6 Å². The molecule has 3 nitrogen and oxygen atoms in total. The first-order valence-electron chi connectivity index (χ1n) is 22.4. The molecule has 4 aromatic carbocycles. The SMILES string of the molecule is CCCCCCCCCCC/C=C\C[C@H]1O[C@@H](CO[Si](c2ccccc2)(c2ccccc2)C(C)(C)C)CC[C@H]1O[Si](c1ccccc1)(c1ccccc1)C(C)(C)C. The summed E-state index contributed by atoms with van der Waals surface area (Å²) < 4.78 is 22.5. The van der Waals surface area contributed by atoms with Crippen LogP contribution in [0, 0.1) is 0 Å². The lowest BCUT2D eigenvalue weighted by atomic mass is 9.99. The van der Waals surface area contributed by atoms with Crippen molar-refractivity contribution in [3.05, 3.63) is 133 Å². The summed E-state index contributed by atoms with van der Waals surface area (Å²) in [7, 11) is -5.48. The van der Waals surface area contributed by atoms with Crippen molar-refractivity contribution in [3.63, 3.8) is 0 Å². The van der Waals surface area contributed by atoms with Crippen LogP contribution in [0.5, 0.6) is 0 Å². The molecule has 57 heavy (non-hydrogen) atoms. The van der Waals surface area contributed by atoms with Gasteiger partial charge in [0.2, 0.25) is 0 Å². The molecule has 1 saturated heterocycles. The molecule has 5 heteroatoms. The second-order valence-corrected chi connectivity index (χ2v) is 27.1. The van der Waals surface area contributed by atoms with Crippen LogP contribution in [0.25, 0.3) is 0 Å². The molecule has 308 valence electrons. The van der Waals surface area contributed by atoms with Crippen molar-refractivity contribution in [1.29, 1.82) is 0 Å². The number of ether oxygens (including phenoxy) is 1. The molecule has 4 aromatic rings. The highest BCUT2D eigenvalue weighted by molar-refractivity contribution is 7.00. The molecule has 0 N–H and O–H groups in total. The Labute approximate surface area is 349 Å². The molecule has 0 aromatic heterocycles. The van der Waals surface area contributed by atoms with E-state index in [1.54, 1.807) is 0 Å². The van der Waals surface area contributed by atoms with E-state index in [1.807, 2.05) is 0 Å². The van der Waals surface area contributed by atoms with Crippen LogP contribution in [0.2, 0.25) is 10.1 Å². The van der Waals surface area contributed by atoms with Crippen molar-refractivity contribution in [2.45, 2.75) is 160 Å². The molecule has 0 spiro atoms. The minimum Gasteiger partial charge on any atom is -0.405 e. The van der Waals surface area contributed by atoms with Gasteiger partial charge >= 0.3 is 0 Å². The lowest BCUT2D eigenvalue weighted by molar-refractivity contribution is -0.120. The standard InChI is InChI=1S/C52H74O3Si2/c1-8-9-10-11-12-13-14-15-16-17-18-31-40-49-50(55-57(52(5,6)7,47-36-27-21-28-37-47)48-38-29-22-30-39-48)42-41-44(54-49)43-53-56(51(2,3)4,45-32-23-19-24-33-45)46-34-25-20-26-35-46/h18-39,44,49-50H,8-17,40-43H2,1-7H3/b31-18-/t44-,49-,50-/m1/s1. The zero-order chi connectivity index (χ0) is 40.6. The molecular weight excluding hydrogens is 729 g/mol. The van der Waals surface area contributed by atoms with Gasteiger partial charge in [0.15, 0.2) is 0 Å². The van der Waals surface area contributed by atoms with Crippen molar-refractivity contribution < 1.29 is 13.6 Å². The summed E-state index contributed by atoms with van der Waals surface area (Å²) in [5, 5.41) is 5.07. The molecule has 5 rings (SSSR count). The number of hydrogen-bond donors (Lipinski definition) is 0. The second kappa shape index (κ2) is 21.8. The van der Waals surface area contributed by atoms with Gasteiger partial charge in [-0.15, -0.1) is 0 Å². The number of benzene rings is 4. The summed E-state index contributed by atoms with van der Waals surface area (Å²) in [6.07, 6.45) is 20.7. The van der Waals surface area contributed by atoms with Crippen molar-refractivity contribution >= 4 is 37.4 Å². The van der Waals surface area contributed by atoms with Crippen LogP contribution in [-0.2, 0) is 13.6 Å². The predicted octanol–water partition coefficient (Wildman–Crippen LogP) is 11.9. The minimum atomic E-state index is -2.77. The third-order valence-electron chi connectivity index (χ3n) is 12.2. The minimum absolute atomic E-state index is 0.0126. The molecule has 0 unspecified atom stereocenters. The van der Waals surface area contributed by atoms with Crippen LogP contribution < -0.4 is 20.7 Å². The molecule has 0 bridgehead atoms. The molecular formula is C52H74O3Si2. The average molecular weight is 803 g/mol. The fraction of sp³-hybridized carbons (Fsp3) is 0.500. The van der Waals surface area contributed by atoms with Gasteiger partial charge in [0.25, 0.3) is 16.6 Å². The normalized spacial score (nSPS) is 18.3. The lowest BCUT2D eigenvalue weighted by Gasteiger charge is -2.48. The second-order valence-electron chi connectivity index (χ2n) is 18.5. The van der Waals surface area contributed by atoms with Crippen LogP contribution in [0.3, 0.4) is 0 Å². The maximum absolute atomic E-state index is 7.82. The molecule has 0 saturated carbocycles. The van der Waals surface area contributed by atoms with Gasteiger partial charge in [-0.1, -0.05) is 233 Å². The first-order valence-corrected chi connectivity index (χ1v) is 26.2. The molecule has 0 aliphatic carbocycles. The Hall–Kier alpha value is -3.07. The van der Waals surface area contributed by atoms with Gasteiger partial charge in [-0.2, -0.15) is 0 Å². The maximum atomic E-state index is 7.82. The van der Waals surface area contributed by atoms with Gasteiger partial charge in [-0.05, 0) is 62.9 Å². The lowest BCUT2D eigenvalue weighted by Crippen LogP contribution is -2.69. The van der Waals surface area contributed by atoms with Gasteiger partial charge in [-0.25, -0.2) is 0 Å².